The molecule has 5 nitrogen and oxygen atoms in total. The molecule has 0 radical (unpaired) electrons. The van der Waals surface area contributed by atoms with Crippen LogP contribution in [0.2, 0.25) is 5.02 Å². The maximum atomic E-state index is 12.1. The van der Waals surface area contributed by atoms with Gasteiger partial charge in [-0.2, -0.15) is 0 Å². The maximum Gasteiger partial charge on any atom is 0.270 e. The zero-order chi connectivity index (χ0) is 13.7. The van der Waals surface area contributed by atoms with Gasteiger partial charge in [0.25, 0.3) is 11.6 Å². The fourth-order valence-corrected chi connectivity index (χ4v) is 1.60. The number of hydrogen-bond donors (Lipinski definition) is 0. The van der Waals surface area contributed by atoms with Crippen molar-refractivity contribution in [2.45, 2.75) is 6.92 Å². The lowest BCUT2D eigenvalue weighted by molar-refractivity contribution is -0.384. The maximum absolute atomic E-state index is 12.1. The lowest BCUT2D eigenvalue weighted by atomic mass is 10.1. The van der Waals surface area contributed by atoms with Gasteiger partial charge >= 0.3 is 0 Å². The molecule has 0 saturated heterocycles. The van der Waals surface area contributed by atoms with E-state index in [-0.39, 0.29) is 22.8 Å². The fraction of sp³-hybridized carbons (Fsp3) is 0.250. The Hall–Kier alpha value is -2.06. The quantitative estimate of drug-likeness (QED) is 0.477. The number of nitro benzene ring substituents is 1. The van der Waals surface area contributed by atoms with Gasteiger partial charge in [0.15, 0.2) is 0 Å². The first kappa shape index (κ1) is 14.0. The van der Waals surface area contributed by atoms with Crippen LogP contribution in [0.5, 0.6) is 0 Å². The van der Waals surface area contributed by atoms with Crippen LogP contribution >= 0.6 is 11.6 Å². The lowest BCUT2D eigenvalue weighted by Gasteiger charge is -2.18. The molecule has 0 aromatic heterocycles. The second-order valence-electron chi connectivity index (χ2n) is 3.44. The SMILES string of the molecule is C#CCN(CC)C(=O)c1cc([N+](=O)[O-])ccc1Cl. The molecule has 0 atom stereocenters. The molecule has 6 heteroatoms. The highest BCUT2D eigenvalue weighted by Gasteiger charge is 2.19. The number of carbonyl (C=O) groups is 1. The van der Waals surface area contributed by atoms with Gasteiger partial charge in [-0.25, -0.2) is 0 Å². The van der Waals surface area contributed by atoms with E-state index in [9.17, 15) is 14.9 Å². The van der Waals surface area contributed by atoms with Crippen LogP contribution in [0, 0.1) is 22.5 Å². The predicted molar refractivity (Wildman–Crippen MR) is 68.5 cm³/mol. The molecule has 0 aliphatic heterocycles. The molecule has 0 fully saturated rings. The monoisotopic (exact) mass is 266 g/mol. The highest BCUT2D eigenvalue weighted by Crippen LogP contribution is 2.23. The van der Waals surface area contributed by atoms with Gasteiger partial charge in [0.2, 0.25) is 0 Å². The van der Waals surface area contributed by atoms with Gasteiger partial charge in [0.1, 0.15) is 0 Å². The summed E-state index contributed by atoms with van der Waals surface area (Å²) in [5.41, 5.74) is -0.0949. The zero-order valence-electron chi connectivity index (χ0n) is 9.72. The molecule has 0 bridgehead atoms. The van der Waals surface area contributed by atoms with Crippen molar-refractivity contribution < 1.29 is 9.72 Å². The fourth-order valence-electron chi connectivity index (χ4n) is 1.40. The number of terminal acetylenes is 1. The number of benzene rings is 1. The Morgan fingerprint density at radius 1 is 1.61 bits per heavy atom. The van der Waals surface area contributed by atoms with Crippen molar-refractivity contribution in [2.24, 2.45) is 0 Å². The summed E-state index contributed by atoms with van der Waals surface area (Å²) in [4.78, 5) is 23.5. The Morgan fingerprint density at radius 2 is 2.28 bits per heavy atom. The molecule has 1 aromatic carbocycles. The minimum absolute atomic E-state index is 0.0861. The van der Waals surface area contributed by atoms with Crippen molar-refractivity contribution in [3.8, 4) is 12.3 Å². The van der Waals surface area contributed by atoms with Crippen molar-refractivity contribution in [3.05, 3.63) is 38.9 Å². The molecule has 0 aliphatic carbocycles. The lowest BCUT2D eigenvalue weighted by Crippen LogP contribution is -2.31. The van der Waals surface area contributed by atoms with Crippen LogP contribution in [-0.2, 0) is 0 Å². The Labute approximate surface area is 109 Å². The van der Waals surface area contributed by atoms with Crippen molar-refractivity contribution in [2.75, 3.05) is 13.1 Å². The highest BCUT2D eigenvalue weighted by molar-refractivity contribution is 6.33. The zero-order valence-corrected chi connectivity index (χ0v) is 10.5. The van der Waals surface area contributed by atoms with Crippen LogP contribution in [0.25, 0.3) is 0 Å². The number of rotatable bonds is 4. The van der Waals surface area contributed by atoms with Crippen LogP contribution in [0.4, 0.5) is 5.69 Å². The highest BCUT2D eigenvalue weighted by atomic mass is 35.5. The van der Waals surface area contributed by atoms with Crippen LogP contribution in [0.15, 0.2) is 18.2 Å². The number of nitro groups is 1. The molecule has 0 N–H and O–H groups in total. The van der Waals surface area contributed by atoms with Gasteiger partial charge in [-0.05, 0) is 13.0 Å². The Bertz CT molecular complexity index is 523. The van der Waals surface area contributed by atoms with Crippen molar-refractivity contribution in [1.82, 2.24) is 4.90 Å². The first-order valence-corrected chi connectivity index (χ1v) is 5.55. The normalized spacial score (nSPS) is 9.61. The topological polar surface area (TPSA) is 63.5 Å². The molecule has 0 heterocycles. The molecule has 1 rings (SSSR count). The van der Waals surface area contributed by atoms with E-state index < -0.39 is 10.8 Å². The average molecular weight is 267 g/mol. The molecule has 0 spiro atoms. The summed E-state index contributed by atoms with van der Waals surface area (Å²) in [5, 5.41) is 10.8. The molecule has 0 saturated carbocycles. The first-order chi connectivity index (χ1) is 8.51. The number of amides is 1. The molecule has 1 amide bonds. The summed E-state index contributed by atoms with van der Waals surface area (Å²) >= 11 is 5.88. The van der Waals surface area contributed by atoms with Gasteiger partial charge in [0, 0.05) is 18.7 Å². The van der Waals surface area contributed by atoms with E-state index in [0.29, 0.717) is 6.54 Å². The molecule has 1 aromatic rings. The number of halogens is 1. The summed E-state index contributed by atoms with van der Waals surface area (Å²) in [7, 11) is 0. The van der Waals surface area contributed by atoms with E-state index in [1.807, 2.05) is 0 Å². The largest absolute Gasteiger partial charge is 0.328 e. The van der Waals surface area contributed by atoms with Gasteiger partial charge in [-0.1, -0.05) is 17.5 Å². The van der Waals surface area contributed by atoms with Gasteiger partial charge in [0.05, 0.1) is 22.1 Å². The standard InChI is InChI=1S/C12H11ClN2O3/c1-3-7-14(4-2)12(16)10-8-9(15(17)18)5-6-11(10)13/h1,5-6,8H,4,7H2,2H3. The molecular weight excluding hydrogens is 256 g/mol. The Morgan fingerprint density at radius 3 is 2.78 bits per heavy atom. The molecule has 94 valence electrons. The third-order valence-electron chi connectivity index (χ3n) is 2.34. The van der Waals surface area contributed by atoms with Crippen molar-refractivity contribution in [1.29, 1.82) is 0 Å². The van der Waals surface area contributed by atoms with E-state index in [2.05, 4.69) is 5.92 Å². The van der Waals surface area contributed by atoms with Crippen molar-refractivity contribution in [3.63, 3.8) is 0 Å². The number of hydrogen-bond acceptors (Lipinski definition) is 3. The summed E-state index contributed by atoms with van der Waals surface area (Å²) < 4.78 is 0. The third-order valence-corrected chi connectivity index (χ3v) is 2.67. The van der Waals surface area contributed by atoms with Gasteiger partial charge < -0.3 is 4.90 Å². The van der Waals surface area contributed by atoms with Crippen LogP contribution in [-0.4, -0.2) is 28.8 Å². The van der Waals surface area contributed by atoms with E-state index in [0.717, 1.165) is 6.07 Å². The Balaban J connectivity index is 3.15. The number of carbonyl (C=O) groups excluding carboxylic acids is 1. The molecular formula is C12H11ClN2O3. The number of nitrogens with zero attached hydrogens (tertiary/aromatic N) is 2. The number of non-ortho nitro benzene ring substituents is 1. The van der Waals surface area contributed by atoms with E-state index in [1.165, 1.54) is 17.0 Å². The summed E-state index contributed by atoms with van der Waals surface area (Å²) in [6.45, 7) is 2.30. The third kappa shape index (κ3) is 2.99. The minimum Gasteiger partial charge on any atom is -0.328 e. The second kappa shape index (κ2) is 6.03. The van der Waals surface area contributed by atoms with Crippen LogP contribution in [0.3, 0.4) is 0 Å². The van der Waals surface area contributed by atoms with E-state index >= 15 is 0 Å². The average Bonchev–Trinajstić information content (AvgIpc) is 2.35. The second-order valence-corrected chi connectivity index (χ2v) is 3.85. The van der Waals surface area contributed by atoms with Crippen molar-refractivity contribution >= 4 is 23.2 Å². The van der Waals surface area contributed by atoms with Gasteiger partial charge in [-0.3, -0.25) is 14.9 Å². The molecule has 18 heavy (non-hydrogen) atoms. The van der Waals surface area contributed by atoms with Crippen LogP contribution < -0.4 is 0 Å². The smallest absolute Gasteiger partial charge is 0.270 e. The summed E-state index contributed by atoms with van der Waals surface area (Å²) in [6, 6.07) is 3.73. The van der Waals surface area contributed by atoms with E-state index in [1.54, 1.807) is 6.92 Å². The summed E-state index contributed by atoms with van der Waals surface area (Å²) in [5.74, 6) is 1.94. The first-order valence-electron chi connectivity index (χ1n) is 5.18. The molecule has 0 aliphatic rings. The van der Waals surface area contributed by atoms with Crippen LogP contribution in [0.1, 0.15) is 17.3 Å². The Kier molecular flexibility index (Phi) is 4.69. The van der Waals surface area contributed by atoms with Gasteiger partial charge in [-0.15, -0.1) is 6.42 Å². The predicted octanol–water partition coefficient (Wildman–Crippen LogP) is 2.34. The summed E-state index contributed by atoms with van der Waals surface area (Å²) in [6.07, 6.45) is 5.15. The minimum atomic E-state index is -0.579. The molecule has 0 unspecified atom stereocenters. The van der Waals surface area contributed by atoms with E-state index in [4.69, 9.17) is 18.0 Å².